The van der Waals surface area contributed by atoms with Crippen molar-refractivity contribution in [3.63, 3.8) is 0 Å². The van der Waals surface area contributed by atoms with E-state index in [1.165, 1.54) is 18.2 Å². The number of nitriles is 3. The van der Waals surface area contributed by atoms with E-state index in [9.17, 15) is 48.8 Å². The summed E-state index contributed by atoms with van der Waals surface area (Å²) in [6.07, 6.45) is -4.87. The SMILES string of the molecule is N#Cc1ccc(O)c(C(=O)NC2=NCCN2)c1-c1ccc(-c2cc(C#N)c(-c3cc(C(F)(F)F)ccc3Cl)c(C(=O)N=C(N)N)c2O)c(Cl)c1C#N. The smallest absolute Gasteiger partial charge is 0.416 e. The second-order valence-electron chi connectivity index (χ2n) is 10.8. The molecule has 52 heavy (non-hydrogen) atoms. The molecule has 260 valence electrons. The summed E-state index contributed by atoms with van der Waals surface area (Å²) in [5, 5.41) is 57.4. The van der Waals surface area contributed by atoms with E-state index in [4.69, 9.17) is 34.7 Å². The number of carbonyl (C=O) groups excluding carboxylic acids is 2. The summed E-state index contributed by atoms with van der Waals surface area (Å²) in [5.74, 6) is -4.46. The van der Waals surface area contributed by atoms with Gasteiger partial charge in [-0.25, -0.2) is 0 Å². The van der Waals surface area contributed by atoms with Gasteiger partial charge in [0.05, 0.1) is 57.1 Å². The van der Waals surface area contributed by atoms with Crippen molar-refractivity contribution in [3.05, 3.63) is 92.0 Å². The highest BCUT2D eigenvalue weighted by atomic mass is 35.5. The summed E-state index contributed by atoms with van der Waals surface area (Å²) in [5.41, 5.74) is 5.48. The van der Waals surface area contributed by atoms with Gasteiger partial charge in [0.15, 0.2) is 11.9 Å². The van der Waals surface area contributed by atoms with Gasteiger partial charge in [-0.2, -0.15) is 33.9 Å². The van der Waals surface area contributed by atoms with Crippen LogP contribution in [-0.4, -0.2) is 47.0 Å². The standard InChI is InChI=1S/C34H20Cl2F3N9O4/c35-22-5-2-16(34(37,38)39)10-20(22)25-15(12-41)9-19(29(50)27(25)31(52)47-32(43)44)18-4-3-17(21(13-42)28(18)36)24-14(11-40)1-6-23(49)26(24)30(51)48-33-45-7-8-46-33/h1-6,9-10,49-50H,7-8H2,(H4,43,44,47,52)(H2,45,46,48,51). The zero-order valence-corrected chi connectivity index (χ0v) is 27.5. The molecule has 13 nitrogen and oxygen atoms in total. The van der Waals surface area contributed by atoms with Crippen molar-refractivity contribution < 1.29 is 33.0 Å². The minimum absolute atomic E-state index is 0.108. The number of halogens is 5. The number of guanidine groups is 2. The number of phenols is 2. The Balaban J connectivity index is 1.81. The molecule has 0 spiro atoms. The number of alkyl halides is 3. The van der Waals surface area contributed by atoms with Crippen molar-refractivity contribution in [1.82, 2.24) is 10.6 Å². The average Bonchev–Trinajstić information content (AvgIpc) is 3.60. The maximum absolute atomic E-state index is 13.7. The predicted molar refractivity (Wildman–Crippen MR) is 183 cm³/mol. The summed E-state index contributed by atoms with van der Waals surface area (Å²) in [4.78, 5) is 34.3. The number of aliphatic imine (C=N–C) groups is 2. The van der Waals surface area contributed by atoms with Gasteiger partial charge in [0, 0.05) is 44.9 Å². The van der Waals surface area contributed by atoms with Crippen LogP contribution in [0.4, 0.5) is 13.2 Å². The minimum atomic E-state index is -4.87. The van der Waals surface area contributed by atoms with Gasteiger partial charge in [0.1, 0.15) is 17.6 Å². The monoisotopic (exact) mass is 745 g/mol. The molecule has 0 bridgehead atoms. The maximum atomic E-state index is 13.7. The highest BCUT2D eigenvalue weighted by molar-refractivity contribution is 6.35. The summed E-state index contributed by atoms with van der Waals surface area (Å²) in [6, 6.07) is 13.5. The molecule has 0 unspecified atom stereocenters. The van der Waals surface area contributed by atoms with Crippen LogP contribution in [0.15, 0.2) is 58.5 Å². The zero-order chi connectivity index (χ0) is 38.1. The van der Waals surface area contributed by atoms with Gasteiger partial charge in [-0.3, -0.25) is 19.9 Å². The Morgan fingerprint density at radius 1 is 0.885 bits per heavy atom. The molecular formula is C34H20Cl2F3N9O4. The van der Waals surface area contributed by atoms with Gasteiger partial charge >= 0.3 is 6.18 Å². The second-order valence-corrected chi connectivity index (χ2v) is 11.6. The molecule has 0 fully saturated rings. The first-order valence-electron chi connectivity index (χ1n) is 14.5. The van der Waals surface area contributed by atoms with E-state index >= 15 is 0 Å². The number of rotatable bonds is 5. The zero-order valence-electron chi connectivity index (χ0n) is 26.0. The normalized spacial score (nSPS) is 12.1. The molecule has 0 saturated heterocycles. The summed E-state index contributed by atoms with van der Waals surface area (Å²) in [6.45, 7) is 0.811. The van der Waals surface area contributed by atoms with Gasteiger partial charge in [-0.15, -0.1) is 0 Å². The lowest BCUT2D eigenvalue weighted by Gasteiger charge is -2.19. The minimum Gasteiger partial charge on any atom is -0.507 e. The number of aromatic hydroxyl groups is 2. The first-order valence-corrected chi connectivity index (χ1v) is 15.3. The van der Waals surface area contributed by atoms with Gasteiger partial charge in [0.2, 0.25) is 0 Å². The van der Waals surface area contributed by atoms with E-state index in [2.05, 4.69) is 20.6 Å². The Kier molecular flexibility index (Phi) is 9.97. The fourth-order valence-electron chi connectivity index (χ4n) is 5.47. The van der Waals surface area contributed by atoms with Crippen molar-refractivity contribution in [2.45, 2.75) is 6.18 Å². The molecule has 18 heteroatoms. The first kappa shape index (κ1) is 36.5. The van der Waals surface area contributed by atoms with E-state index in [1.54, 1.807) is 6.07 Å². The van der Waals surface area contributed by atoms with Crippen LogP contribution < -0.4 is 22.1 Å². The molecular weight excluding hydrogens is 726 g/mol. The van der Waals surface area contributed by atoms with Crippen molar-refractivity contribution >= 4 is 46.9 Å². The van der Waals surface area contributed by atoms with Crippen molar-refractivity contribution in [3.8, 4) is 63.1 Å². The number of hydrogen-bond acceptors (Lipinski definition) is 9. The van der Waals surface area contributed by atoms with Crippen molar-refractivity contribution in [1.29, 1.82) is 15.8 Å². The number of carbonyl (C=O) groups is 2. The third-order valence-corrected chi connectivity index (χ3v) is 8.40. The number of nitrogens with two attached hydrogens (primary N) is 2. The van der Waals surface area contributed by atoms with Crippen LogP contribution in [0.3, 0.4) is 0 Å². The fraction of sp³-hybridized carbons (Fsp3) is 0.0882. The molecule has 2 amide bonds. The van der Waals surface area contributed by atoms with Gasteiger partial charge in [-0.1, -0.05) is 35.3 Å². The molecule has 4 aromatic carbocycles. The Bertz CT molecular complexity index is 2410. The lowest BCUT2D eigenvalue weighted by molar-refractivity contribution is -0.137. The molecule has 1 aliphatic heterocycles. The molecule has 0 saturated carbocycles. The van der Waals surface area contributed by atoms with E-state index in [0.29, 0.717) is 25.2 Å². The third kappa shape index (κ3) is 6.69. The highest BCUT2D eigenvalue weighted by Crippen LogP contribution is 2.48. The Morgan fingerprint density at radius 2 is 1.56 bits per heavy atom. The third-order valence-electron chi connectivity index (χ3n) is 7.68. The van der Waals surface area contributed by atoms with E-state index < -0.39 is 73.9 Å². The van der Waals surface area contributed by atoms with Crippen LogP contribution in [0.1, 0.15) is 43.0 Å². The number of nitrogens with zero attached hydrogens (tertiary/aromatic N) is 5. The van der Waals surface area contributed by atoms with Crippen molar-refractivity contribution in [2.24, 2.45) is 21.5 Å². The van der Waals surface area contributed by atoms with Crippen LogP contribution in [0.5, 0.6) is 11.5 Å². The second kappa shape index (κ2) is 14.2. The number of nitrogens with one attached hydrogen (secondary N) is 2. The molecule has 1 aliphatic rings. The Hall–Kier alpha value is -6.80. The highest BCUT2D eigenvalue weighted by Gasteiger charge is 2.34. The first-order chi connectivity index (χ1) is 24.6. The number of hydrogen-bond donors (Lipinski definition) is 6. The molecule has 0 aromatic heterocycles. The average molecular weight is 746 g/mol. The number of amides is 2. The summed E-state index contributed by atoms with van der Waals surface area (Å²) in [7, 11) is 0. The van der Waals surface area contributed by atoms with E-state index in [1.807, 2.05) is 12.1 Å². The van der Waals surface area contributed by atoms with Crippen molar-refractivity contribution in [2.75, 3.05) is 13.1 Å². The molecule has 0 aliphatic carbocycles. The van der Waals surface area contributed by atoms with Gasteiger partial charge in [0.25, 0.3) is 11.8 Å². The largest absolute Gasteiger partial charge is 0.507 e. The molecule has 1 heterocycles. The molecule has 0 radical (unpaired) electrons. The maximum Gasteiger partial charge on any atom is 0.416 e. The van der Waals surface area contributed by atoms with E-state index in [0.717, 1.165) is 18.2 Å². The quantitative estimate of drug-likeness (QED) is 0.116. The number of benzene rings is 4. The van der Waals surface area contributed by atoms with E-state index in [-0.39, 0.29) is 44.4 Å². The van der Waals surface area contributed by atoms with Crippen LogP contribution in [0.2, 0.25) is 10.0 Å². The topological polar surface area (TPSA) is 247 Å². The van der Waals surface area contributed by atoms with Crippen LogP contribution in [-0.2, 0) is 6.18 Å². The van der Waals surface area contributed by atoms with Crippen LogP contribution in [0, 0.1) is 34.0 Å². The molecule has 8 N–H and O–H groups in total. The Morgan fingerprint density at radius 3 is 2.15 bits per heavy atom. The van der Waals surface area contributed by atoms with Gasteiger partial charge in [-0.05, 0) is 36.4 Å². The lowest BCUT2D eigenvalue weighted by Crippen LogP contribution is -2.38. The lowest BCUT2D eigenvalue weighted by atomic mass is 9.86. The molecule has 5 rings (SSSR count). The summed E-state index contributed by atoms with van der Waals surface area (Å²) < 4.78 is 41.1. The number of phenolic OH excluding ortho intramolecular Hbond substituents is 2. The molecule has 0 atom stereocenters. The van der Waals surface area contributed by atoms with Gasteiger partial charge < -0.3 is 27.0 Å². The Labute approximate surface area is 301 Å². The fourth-order valence-corrected chi connectivity index (χ4v) is 5.99. The van der Waals surface area contributed by atoms with Crippen LogP contribution in [0.25, 0.3) is 33.4 Å². The van der Waals surface area contributed by atoms with Crippen LogP contribution >= 0.6 is 23.2 Å². The molecule has 4 aromatic rings. The predicted octanol–water partition coefficient (Wildman–Crippen LogP) is 5.14. The summed E-state index contributed by atoms with van der Waals surface area (Å²) >= 11 is 13.0.